The molecule has 0 bridgehead atoms. The van der Waals surface area contributed by atoms with Crippen molar-refractivity contribution in [3.05, 3.63) is 28.0 Å². The van der Waals surface area contributed by atoms with E-state index in [0.717, 1.165) is 10.7 Å². The number of nitrogens with one attached hydrogen (secondary N) is 1. The zero-order chi connectivity index (χ0) is 19.9. The number of carbonyl (C=O) groups excluding carboxylic acids is 1. The lowest BCUT2D eigenvalue weighted by Gasteiger charge is -2.20. The van der Waals surface area contributed by atoms with Gasteiger partial charge in [-0.2, -0.15) is 18.3 Å². The number of rotatable bonds is 3. The van der Waals surface area contributed by atoms with Crippen LogP contribution in [-0.4, -0.2) is 20.7 Å². The van der Waals surface area contributed by atoms with Gasteiger partial charge in [0.1, 0.15) is 5.69 Å². The molecule has 10 heteroatoms. The number of nitrogens with zero attached hydrogens (tertiary/aromatic N) is 3. The van der Waals surface area contributed by atoms with Crippen LogP contribution in [0.4, 0.5) is 18.9 Å². The first kappa shape index (κ1) is 20.2. The highest BCUT2D eigenvalue weighted by molar-refractivity contribution is 9.10. The summed E-state index contributed by atoms with van der Waals surface area (Å²) < 4.78 is 45.4. The Bertz CT molecular complexity index is 841. The monoisotopic (exact) mass is 434 g/mol. The van der Waals surface area contributed by atoms with Gasteiger partial charge in [-0.25, -0.2) is 9.67 Å². The third-order valence-electron chi connectivity index (χ3n) is 3.31. The van der Waals surface area contributed by atoms with Gasteiger partial charge >= 0.3 is 6.18 Å². The number of hydrogen-bond donors (Lipinski definition) is 1. The zero-order valence-corrected chi connectivity index (χ0v) is 16.4. The average Bonchev–Trinajstić information content (AvgIpc) is 2.82. The largest absolute Gasteiger partial charge is 0.435 e. The molecule has 0 spiro atoms. The fourth-order valence-corrected chi connectivity index (χ4v) is 2.48. The van der Waals surface area contributed by atoms with Gasteiger partial charge in [-0.1, -0.05) is 20.8 Å². The number of amides is 1. The minimum atomic E-state index is -4.59. The lowest BCUT2D eigenvalue weighted by molar-refractivity contribution is -0.141. The van der Waals surface area contributed by atoms with E-state index in [9.17, 15) is 18.0 Å². The van der Waals surface area contributed by atoms with Crippen molar-refractivity contribution < 1.29 is 22.7 Å². The van der Waals surface area contributed by atoms with E-state index >= 15 is 0 Å². The number of hydrogen-bond acceptors (Lipinski definition) is 4. The van der Waals surface area contributed by atoms with Crippen molar-refractivity contribution in [2.45, 2.75) is 33.9 Å². The molecule has 0 fully saturated rings. The molecule has 0 aliphatic carbocycles. The Morgan fingerprint density at radius 3 is 2.38 bits per heavy atom. The normalized spacial score (nSPS) is 12.2. The Morgan fingerprint density at radius 1 is 1.27 bits per heavy atom. The number of ether oxygens (including phenoxy) is 1. The molecule has 0 aliphatic heterocycles. The van der Waals surface area contributed by atoms with Gasteiger partial charge in [0, 0.05) is 28.7 Å². The molecule has 0 saturated carbocycles. The second kappa shape index (κ2) is 6.90. The number of carbonyl (C=O) groups is 1. The Kier molecular flexibility index (Phi) is 5.36. The maximum atomic E-state index is 12.8. The molecule has 0 unspecified atom stereocenters. The van der Waals surface area contributed by atoms with E-state index in [0.29, 0.717) is 10.2 Å². The van der Waals surface area contributed by atoms with Gasteiger partial charge in [-0.05, 0) is 28.9 Å². The van der Waals surface area contributed by atoms with Crippen LogP contribution in [0, 0.1) is 12.3 Å². The number of pyridine rings is 1. The van der Waals surface area contributed by atoms with Crippen LogP contribution in [-0.2, 0) is 18.0 Å². The van der Waals surface area contributed by atoms with Gasteiger partial charge in [0.2, 0.25) is 17.7 Å². The van der Waals surface area contributed by atoms with Crippen molar-refractivity contribution in [2.75, 3.05) is 5.32 Å². The fourth-order valence-electron chi connectivity index (χ4n) is 1.88. The number of anilines is 1. The standard InChI is InChI=1S/C16H18BrF3N4O2/c1-8-6-9(17)12(22-14(25)15(2,3)4)13(21-8)26-11-7-10(16(18,19)20)23-24(11)5/h6-7H,1-5H3,(H,22,25). The topological polar surface area (TPSA) is 69.0 Å². The van der Waals surface area contributed by atoms with Crippen molar-refractivity contribution >= 4 is 27.5 Å². The quantitative estimate of drug-likeness (QED) is 0.760. The van der Waals surface area contributed by atoms with Crippen LogP contribution in [0.5, 0.6) is 11.8 Å². The maximum absolute atomic E-state index is 12.8. The first-order valence-corrected chi connectivity index (χ1v) is 8.36. The Labute approximate surface area is 156 Å². The summed E-state index contributed by atoms with van der Waals surface area (Å²) in [5.74, 6) is -0.491. The molecule has 1 amide bonds. The lowest BCUT2D eigenvalue weighted by atomic mass is 9.95. The summed E-state index contributed by atoms with van der Waals surface area (Å²) in [6, 6.07) is 2.43. The van der Waals surface area contributed by atoms with Crippen LogP contribution in [0.1, 0.15) is 32.2 Å². The van der Waals surface area contributed by atoms with Crippen molar-refractivity contribution in [1.29, 1.82) is 0 Å². The Balaban J connectivity index is 2.44. The highest BCUT2D eigenvalue weighted by atomic mass is 79.9. The van der Waals surface area contributed by atoms with Gasteiger partial charge in [0.05, 0.1) is 0 Å². The van der Waals surface area contributed by atoms with Crippen LogP contribution < -0.4 is 10.1 Å². The minimum absolute atomic E-state index is 0.0359. The number of halogens is 4. The maximum Gasteiger partial charge on any atom is 0.435 e. The molecule has 0 radical (unpaired) electrons. The van der Waals surface area contributed by atoms with Crippen LogP contribution >= 0.6 is 15.9 Å². The number of aryl methyl sites for hydroxylation is 2. The lowest BCUT2D eigenvalue weighted by Crippen LogP contribution is -2.28. The van der Waals surface area contributed by atoms with E-state index in [4.69, 9.17) is 4.74 Å². The van der Waals surface area contributed by atoms with Gasteiger partial charge < -0.3 is 10.1 Å². The average molecular weight is 435 g/mol. The van der Waals surface area contributed by atoms with Crippen LogP contribution in [0.25, 0.3) is 0 Å². The molecule has 0 atom stereocenters. The molecule has 142 valence electrons. The first-order valence-electron chi connectivity index (χ1n) is 7.56. The molecule has 1 N–H and O–H groups in total. The Hall–Kier alpha value is -2.10. The van der Waals surface area contributed by atoms with E-state index in [1.54, 1.807) is 33.8 Å². The van der Waals surface area contributed by atoms with Crippen LogP contribution in [0.3, 0.4) is 0 Å². The third kappa shape index (κ3) is 4.54. The Morgan fingerprint density at radius 2 is 1.88 bits per heavy atom. The smallest absolute Gasteiger partial charge is 0.419 e. The molecule has 0 aromatic carbocycles. The number of alkyl halides is 3. The highest BCUT2D eigenvalue weighted by Gasteiger charge is 2.35. The number of aromatic nitrogens is 3. The second-order valence-corrected chi connectivity index (χ2v) is 7.58. The van der Waals surface area contributed by atoms with Crippen molar-refractivity contribution in [3.63, 3.8) is 0 Å². The predicted octanol–water partition coefficient (Wildman–Crippen LogP) is 4.68. The third-order valence-corrected chi connectivity index (χ3v) is 3.94. The molecule has 0 aliphatic rings. The van der Waals surface area contributed by atoms with E-state index in [1.807, 2.05) is 0 Å². The van der Waals surface area contributed by atoms with E-state index in [2.05, 4.69) is 31.3 Å². The molecular formula is C16H18BrF3N4O2. The zero-order valence-electron chi connectivity index (χ0n) is 14.8. The van der Waals surface area contributed by atoms with E-state index in [1.165, 1.54) is 7.05 Å². The van der Waals surface area contributed by atoms with Crippen molar-refractivity contribution in [2.24, 2.45) is 12.5 Å². The summed E-state index contributed by atoms with van der Waals surface area (Å²) in [5, 5.41) is 6.09. The van der Waals surface area contributed by atoms with Gasteiger partial charge in [-0.3, -0.25) is 4.79 Å². The van der Waals surface area contributed by atoms with E-state index in [-0.39, 0.29) is 23.4 Å². The first-order chi connectivity index (χ1) is 11.8. The molecule has 2 heterocycles. The SMILES string of the molecule is Cc1cc(Br)c(NC(=O)C(C)(C)C)c(Oc2cc(C(F)(F)F)nn2C)n1. The summed E-state index contributed by atoms with van der Waals surface area (Å²) in [5.41, 5.74) is -0.983. The summed E-state index contributed by atoms with van der Waals surface area (Å²) in [4.78, 5) is 16.5. The van der Waals surface area contributed by atoms with Gasteiger partial charge in [0.15, 0.2) is 5.69 Å². The molecule has 26 heavy (non-hydrogen) atoms. The summed E-state index contributed by atoms with van der Waals surface area (Å²) in [6.07, 6.45) is -4.59. The molecular weight excluding hydrogens is 417 g/mol. The van der Waals surface area contributed by atoms with Gasteiger partial charge in [-0.15, -0.1) is 0 Å². The van der Waals surface area contributed by atoms with Crippen LogP contribution in [0.2, 0.25) is 0 Å². The summed E-state index contributed by atoms with van der Waals surface area (Å²) in [6.45, 7) is 6.89. The highest BCUT2D eigenvalue weighted by Crippen LogP contribution is 2.37. The fraction of sp³-hybridized carbons (Fsp3) is 0.438. The molecule has 2 rings (SSSR count). The summed E-state index contributed by atoms with van der Waals surface area (Å²) in [7, 11) is 1.32. The van der Waals surface area contributed by atoms with Crippen molar-refractivity contribution in [3.8, 4) is 11.8 Å². The molecule has 0 saturated heterocycles. The molecule has 2 aromatic rings. The van der Waals surface area contributed by atoms with E-state index < -0.39 is 17.3 Å². The predicted molar refractivity (Wildman–Crippen MR) is 93.0 cm³/mol. The van der Waals surface area contributed by atoms with Gasteiger partial charge in [0.25, 0.3) is 0 Å². The minimum Gasteiger partial charge on any atom is -0.419 e. The van der Waals surface area contributed by atoms with Crippen molar-refractivity contribution in [1.82, 2.24) is 14.8 Å². The summed E-state index contributed by atoms with van der Waals surface area (Å²) >= 11 is 3.32. The van der Waals surface area contributed by atoms with Crippen LogP contribution in [0.15, 0.2) is 16.6 Å². The second-order valence-electron chi connectivity index (χ2n) is 6.72. The molecule has 6 nitrogen and oxygen atoms in total. The molecule has 2 aromatic heterocycles.